The largest absolute Gasteiger partial charge is 0.350 e. The molecule has 30 heavy (non-hydrogen) atoms. The van der Waals surface area contributed by atoms with Gasteiger partial charge in [-0.3, -0.25) is 14.9 Å². The summed E-state index contributed by atoms with van der Waals surface area (Å²) in [7, 11) is 0. The molecule has 0 spiro atoms. The highest BCUT2D eigenvalue weighted by molar-refractivity contribution is 6.05. The molecular weight excluding hydrogens is 386 g/mol. The van der Waals surface area contributed by atoms with Crippen LogP contribution < -0.4 is 10.6 Å². The third-order valence-electron chi connectivity index (χ3n) is 4.25. The van der Waals surface area contributed by atoms with E-state index in [1.165, 1.54) is 29.2 Å². The molecular formula is C20H15N7O3. The summed E-state index contributed by atoms with van der Waals surface area (Å²) < 4.78 is 1.48. The number of carbonyl (C=O) groups is 1. The lowest BCUT2D eigenvalue weighted by Gasteiger charge is -2.10. The number of hydrogen-bond donors (Lipinski definition) is 2. The van der Waals surface area contributed by atoms with Crippen molar-refractivity contribution in [3.8, 4) is 5.69 Å². The molecule has 0 aliphatic carbocycles. The number of benzene rings is 3. The van der Waals surface area contributed by atoms with Gasteiger partial charge in [-0.15, -0.1) is 5.10 Å². The van der Waals surface area contributed by atoms with E-state index in [1.807, 2.05) is 18.2 Å². The molecule has 0 aliphatic rings. The molecule has 0 bridgehead atoms. The zero-order chi connectivity index (χ0) is 20.9. The first kappa shape index (κ1) is 18.7. The molecule has 0 radical (unpaired) electrons. The van der Waals surface area contributed by atoms with Crippen molar-refractivity contribution in [3.05, 3.63) is 94.8 Å². The number of nitrogens with zero attached hydrogens (tertiary/aromatic N) is 5. The van der Waals surface area contributed by atoms with Crippen LogP contribution in [0.4, 0.5) is 22.7 Å². The summed E-state index contributed by atoms with van der Waals surface area (Å²) in [5, 5.41) is 28.2. The minimum absolute atomic E-state index is 0.171. The van der Waals surface area contributed by atoms with Crippen LogP contribution in [0, 0.1) is 10.1 Å². The quantitative estimate of drug-likeness (QED) is 0.373. The molecule has 0 atom stereocenters. The number of nitro benzene ring substituents is 1. The van der Waals surface area contributed by atoms with Crippen molar-refractivity contribution in [2.75, 3.05) is 10.6 Å². The van der Waals surface area contributed by atoms with Crippen molar-refractivity contribution >= 4 is 28.7 Å². The van der Waals surface area contributed by atoms with E-state index in [-0.39, 0.29) is 11.3 Å². The molecule has 10 heteroatoms. The van der Waals surface area contributed by atoms with Gasteiger partial charge < -0.3 is 10.6 Å². The van der Waals surface area contributed by atoms with Gasteiger partial charge in [0.05, 0.1) is 10.6 Å². The first-order valence-corrected chi connectivity index (χ1v) is 8.85. The van der Waals surface area contributed by atoms with E-state index in [0.29, 0.717) is 17.1 Å². The van der Waals surface area contributed by atoms with Gasteiger partial charge in [-0.25, -0.2) is 4.68 Å². The summed E-state index contributed by atoms with van der Waals surface area (Å²) in [4.78, 5) is 23.6. The lowest BCUT2D eigenvalue weighted by molar-refractivity contribution is -0.383. The number of nitro groups is 1. The molecule has 1 aromatic heterocycles. The lowest BCUT2D eigenvalue weighted by atomic mass is 10.1. The van der Waals surface area contributed by atoms with E-state index in [0.717, 1.165) is 5.69 Å². The smallest absolute Gasteiger partial charge is 0.293 e. The van der Waals surface area contributed by atoms with Crippen LogP contribution in [0.2, 0.25) is 0 Å². The summed E-state index contributed by atoms with van der Waals surface area (Å²) in [5.41, 5.74) is 2.25. The van der Waals surface area contributed by atoms with Gasteiger partial charge >= 0.3 is 0 Å². The molecule has 0 saturated heterocycles. The predicted molar refractivity (Wildman–Crippen MR) is 110 cm³/mol. The number of aromatic nitrogens is 4. The fourth-order valence-corrected chi connectivity index (χ4v) is 2.79. The minimum atomic E-state index is -0.525. The summed E-state index contributed by atoms with van der Waals surface area (Å²) in [6.07, 6.45) is 1.46. The van der Waals surface area contributed by atoms with Gasteiger partial charge in [-0.1, -0.05) is 18.2 Å². The Bertz CT molecular complexity index is 1180. The average Bonchev–Trinajstić information content (AvgIpc) is 3.30. The van der Waals surface area contributed by atoms with Gasteiger partial charge in [0.25, 0.3) is 11.6 Å². The highest BCUT2D eigenvalue weighted by Gasteiger charge is 2.18. The van der Waals surface area contributed by atoms with Crippen LogP contribution in [0.1, 0.15) is 10.4 Å². The molecule has 4 aromatic rings. The van der Waals surface area contributed by atoms with E-state index < -0.39 is 10.8 Å². The SMILES string of the molecule is O=C(Nc1ccc(-n2cnnn2)cc1)c1ccc(Nc2ccccc2)c([N+](=O)[O-])c1. The first-order valence-electron chi connectivity index (χ1n) is 8.85. The maximum Gasteiger partial charge on any atom is 0.293 e. The second kappa shape index (κ2) is 8.19. The fourth-order valence-electron chi connectivity index (χ4n) is 2.79. The number of para-hydroxylation sites is 1. The van der Waals surface area contributed by atoms with E-state index in [2.05, 4.69) is 26.2 Å². The molecule has 10 nitrogen and oxygen atoms in total. The standard InChI is InChI=1S/C20H15N7O3/c28-20(23-16-7-9-17(10-8-16)26-13-21-24-25-26)14-6-11-18(19(12-14)27(29)30)22-15-4-2-1-3-5-15/h1-13,22H,(H,23,28). The van der Waals surface area contributed by atoms with E-state index in [1.54, 1.807) is 36.4 Å². The van der Waals surface area contributed by atoms with E-state index >= 15 is 0 Å². The van der Waals surface area contributed by atoms with Gasteiger partial charge in [-0.2, -0.15) is 0 Å². The third-order valence-corrected chi connectivity index (χ3v) is 4.25. The van der Waals surface area contributed by atoms with Gasteiger partial charge in [-0.05, 0) is 59.0 Å². The number of tetrazole rings is 1. The second-order valence-corrected chi connectivity index (χ2v) is 6.24. The van der Waals surface area contributed by atoms with Gasteiger partial charge in [0.15, 0.2) is 0 Å². The van der Waals surface area contributed by atoms with Gasteiger partial charge in [0.1, 0.15) is 12.0 Å². The number of amides is 1. The molecule has 0 unspecified atom stereocenters. The van der Waals surface area contributed by atoms with Crippen LogP contribution in [0.25, 0.3) is 5.69 Å². The topological polar surface area (TPSA) is 128 Å². The van der Waals surface area contributed by atoms with Crippen molar-refractivity contribution in [1.29, 1.82) is 0 Å². The molecule has 0 aliphatic heterocycles. The Morgan fingerprint density at radius 3 is 2.40 bits per heavy atom. The molecule has 2 N–H and O–H groups in total. The maximum absolute atomic E-state index is 12.6. The Balaban J connectivity index is 1.52. The first-order chi connectivity index (χ1) is 14.6. The van der Waals surface area contributed by atoms with E-state index in [4.69, 9.17) is 0 Å². The number of nitrogens with one attached hydrogen (secondary N) is 2. The number of carbonyl (C=O) groups excluding carboxylic acids is 1. The molecule has 3 aromatic carbocycles. The van der Waals surface area contributed by atoms with Crippen molar-refractivity contribution in [2.24, 2.45) is 0 Å². The number of hydrogen-bond acceptors (Lipinski definition) is 7. The van der Waals surface area contributed by atoms with Crippen LogP contribution >= 0.6 is 0 Å². The zero-order valence-electron chi connectivity index (χ0n) is 15.5. The highest BCUT2D eigenvalue weighted by Crippen LogP contribution is 2.29. The predicted octanol–water partition coefficient (Wildman–Crippen LogP) is 3.57. The number of anilines is 3. The lowest BCUT2D eigenvalue weighted by Crippen LogP contribution is -2.12. The van der Waals surface area contributed by atoms with E-state index in [9.17, 15) is 14.9 Å². The summed E-state index contributed by atoms with van der Waals surface area (Å²) >= 11 is 0. The van der Waals surface area contributed by atoms with Crippen LogP contribution in [-0.2, 0) is 0 Å². The summed E-state index contributed by atoms with van der Waals surface area (Å²) in [6.45, 7) is 0. The third kappa shape index (κ3) is 4.12. The Hall–Kier alpha value is -4.60. The Labute approximate surface area is 170 Å². The Morgan fingerprint density at radius 1 is 0.967 bits per heavy atom. The monoisotopic (exact) mass is 401 g/mol. The Morgan fingerprint density at radius 2 is 1.73 bits per heavy atom. The van der Waals surface area contributed by atoms with Gasteiger partial charge in [0.2, 0.25) is 0 Å². The summed E-state index contributed by atoms with van der Waals surface area (Å²) in [6, 6.07) is 20.2. The second-order valence-electron chi connectivity index (χ2n) is 6.24. The summed E-state index contributed by atoms with van der Waals surface area (Å²) in [5.74, 6) is -0.459. The molecule has 1 heterocycles. The minimum Gasteiger partial charge on any atom is -0.350 e. The van der Waals surface area contributed by atoms with Crippen LogP contribution in [0.5, 0.6) is 0 Å². The molecule has 0 saturated carbocycles. The van der Waals surface area contributed by atoms with Crippen molar-refractivity contribution in [2.45, 2.75) is 0 Å². The van der Waals surface area contributed by atoms with Crippen LogP contribution in [0.3, 0.4) is 0 Å². The molecule has 4 rings (SSSR count). The molecule has 1 amide bonds. The molecule has 148 valence electrons. The van der Waals surface area contributed by atoms with Gasteiger partial charge in [0, 0.05) is 23.0 Å². The normalized spacial score (nSPS) is 10.4. The average molecular weight is 401 g/mol. The maximum atomic E-state index is 12.6. The molecule has 0 fully saturated rings. The Kier molecular flexibility index (Phi) is 5.12. The van der Waals surface area contributed by atoms with Crippen molar-refractivity contribution in [1.82, 2.24) is 20.2 Å². The zero-order valence-corrected chi connectivity index (χ0v) is 15.5. The van der Waals surface area contributed by atoms with Crippen LogP contribution in [0.15, 0.2) is 79.1 Å². The number of rotatable bonds is 6. The fraction of sp³-hybridized carbons (Fsp3) is 0. The van der Waals surface area contributed by atoms with Crippen molar-refractivity contribution < 1.29 is 9.72 Å². The van der Waals surface area contributed by atoms with Crippen molar-refractivity contribution in [3.63, 3.8) is 0 Å². The highest BCUT2D eigenvalue weighted by atomic mass is 16.6. The van der Waals surface area contributed by atoms with Crippen LogP contribution in [-0.4, -0.2) is 31.0 Å².